The Labute approximate surface area is 335 Å². The summed E-state index contributed by atoms with van der Waals surface area (Å²) in [6, 6.07) is 16.3. The molecular weight excluding hydrogens is 741 g/mol. The van der Waals surface area contributed by atoms with Crippen molar-refractivity contribution in [3.8, 4) is 0 Å². The van der Waals surface area contributed by atoms with Gasteiger partial charge in [-0.05, 0) is 88.5 Å². The van der Waals surface area contributed by atoms with E-state index in [1.165, 1.54) is 24.3 Å². The Kier molecular flexibility index (Phi) is 15.1. The number of thioether (sulfide) groups is 1. The SMILES string of the molecule is [C-]#[N+]C(C)(CCC(=O)OCC1CC(C)CC1C)CC(C)(CC(C)(SC(=S)c1ccccc1)C(=O)OC1(CC)CCCC1)C(=O)OCC(F)(F)c1ccccc1. The Morgan fingerprint density at radius 1 is 0.927 bits per heavy atom. The first-order valence-corrected chi connectivity index (χ1v) is 20.8. The number of hydrogen-bond donors (Lipinski definition) is 0. The smallest absolute Gasteiger partial charge is 0.322 e. The van der Waals surface area contributed by atoms with E-state index in [0.29, 0.717) is 47.5 Å². The summed E-state index contributed by atoms with van der Waals surface area (Å²) in [7, 11) is 0. The molecule has 0 aliphatic heterocycles. The van der Waals surface area contributed by atoms with Gasteiger partial charge >= 0.3 is 23.8 Å². The summed E-state index contributed by atoms with van der Waals surface area (Å²) in [5.41, 5.74) is -3.27. The van der Waals surface area contributed by atoms with Crippen molar-refractivity contribution in [3.05, 3.63) is 83.2 Å². The second-order valence-corrected chi connectivity index (χ2v) is 19.0. The lowest BCUT2D eigenvalue weighted by molar-refractivity contribution is -0.172. The fraction of sp³-hybridized carbons (Fsp3) is 0.614. The summed E-state index contributed by atoms with van der Waals surface area (Å²) >= 11 is 6.94. The molecule has 7 nitrogen and oxygen atoms in total. The molecule has 0 bridgehead atoms. The second kappa shape index (κ2) is 18.7. The summed E-state index contributed by atoms with van der Waals surface area (Å²) in [5, 5.41) is 0. The summed E-state index contributed by atoms with van der Waals surface area (Å²) in [5.74, 6) is -4.19. The molecule has 55 heavy (non-hydrogen) atoms. The largest absolute Gasteiger partial charge is 0.465 e. The van der Waals surface area contributed by atoms with E-state index in [4.69, 9.17) is 33.0 Å². The summed E-state index contributed by atoms with van der Waals surface area (Å²) in [6.07, 6.45) is 5.48. The Balaban J connectivity index is 1.64. The summed E-state index contributed by atoms with van der Waals surface area (Å²) in [6.45, 7) is 18.5. The lowest BCUT2D eigenvalue weighted by Gasteiger charge is -2.40. The van der Waals surface area contributed by atoms with Crippen LogP contribution in [-0.4, -0.2) is 51.2 Å². The van der Waals surface area contributed by atoms with Gasteiger partial charge < -0.3 is 19.1 Å². The minimum Gasteiger partial charge on any atom is -0.465 e. The monoisotopic (exact) mass is 797 g/mol. The number of esters is 3. The van der Waals surface area contributed by atoms with Crippen LogP contribution in [-0.2, 0) is 34.5 Å². The minimum atomic E-state index is -3.50. The Morgan fingerprint density at radius 3 is 2.11 bits per heavy atom. The van der Waals surface area contributed by atoms with Gasteiger partial charge in [0, 0.05) is 25.3 Å². The number of halogens is 2. The number of ether oxygens (including phenoxy) is 3. The van der Waals surface area contributed by atoms with Crippen molar-refractivity contribution in [1.82, 2.24) is 0 Å². The number of carbonyl (C=O) groups is 3. The molecular formula is C44H57F2NO6S2. The first-order valence-electron chi connectivity index (χ1n) is 19.5. The minimum absolute atomic E-state index is 0.0463. The number of thiocarbonyl (C=S) groups is 1. The summed E-state index contributed by atoms with van der Waals surface area (Å²) in [4.78, 5) is 45.8. The third kappa shape index (κ3) is 11.8. The Morgan fingerprint density at radius 2 is 1.55 bits per heavy atom. The van der Waals surface area contributed by atoms with Gasteiger partial charge in [-0.3, -0.25) is 14.4 Å². The van der Waals surface area contributed by atoms with Crippen molar-refractivity contribution in [3.63, 3.8) is 0 Å². The molecule has 300 valence electrons. The highest BCUT2D eigenvalue weighted by Gasteiger charge is 2.54. The van der Waals surface area contributed by atoms with Gasteiger partial charge in [-0.1, -0.05) is 105 Å². The third-order valence-electron chi connectivity index (χ3n) is 11.7. The van der Waals surface area contributed by atoms with E-state index >= 15 is 8.78 Å². The molecule has 0 radical (unpaired) electrons. The maximum absolute atomic E-state index is 15.4. The van der Waals surface area contributed by atoms with Crippen molar-refractivity contribution in [2.45, 2.75) is 134 Å². The standard InChI is InChI=1S/C44H57F2NO6S2/c1-8-43(22-15-16-23-43)53-39(50)42(6,55-37(54)33-17-11-9-12-18-33)29-40(4,38(49)52-30-44(45,46)35-19-13-10-14-20-35)28-41(5,47-7)24-21-36(48)51-27-34-26-31(2)25-32(34)3/h9-14,17-20,31-32,34H,8,15-16,21-30H2,1-6H3. The number of hydrogen-bond acceptors (Lipinski definition) is 8. The number of rotatable bonds is 18. The molecule has 2 aliphatic rings. The average Bonchev–Trinajstić information content (AvgIpc) is 3.77. The van der Waals surface area contributed by atoms with Gasteiger partial charge in [0.1, 0.15) is 10.3 Å². The van der Waals surface area contributed by atoms with E-state index in [1.807, 2.05) is 37.3 Å². The van der Waals surface area contributed by atoms with Crippen LogP contribution >= 0.6 is 24.0 Å². The second-order valence-electron chi connectivity index (χ2n) is 16.8. The van der Waals surface area contributed by atoms with Gasteiger partial charge in [0.05, 0.1) is 22.6 Å². The van der Waals surface area contributed by atoms with Crippen molar-refractivity contribution in [2.75, 3.05) is 13.2 Å². The van der Waals surface area contributed by atoms with E-state index in [9.17, 15) is 14.4 Å². The molecule has 0 heterocycles. The molecule has 0 aromatic heterocycles. The van der Waals surface area contributed by atoms with Crippen molar-refractivity contribution in [1.29, 1.82) is 0 Å². The van der Waals surface area contributed by atoms with E-state index in [-0.39, 0.29) is 37.2 Å². The predicted molar refractivity (Wildman–Crippen MR) is 217 cm³/mol. The fourth-order valence-electron chi connectivity index (χ4n) is 8.46. The average molecular weight is 798 g/mol. The van der Waals surface area contributed by atoms with Crippen LogP contribution in [0.5, 0.6) is 0 Å². The zero-order valence-electron chi connectivity index (χ0n) is 33.2. The Bertz CT molecular complexity index is 1680. The lowest BCUT2D eigenvalue weighted by atomic mass is 9.71. The van der Waals surface area contributed by atoms with Crippen LogP contribution in [0.3, 0.4) is 0 Å². The number of alkyl halides is 2. The predicted octanol–water partition coefficient (Wildman–Crippen LogP) is 10.9. The molecule has 6 unspecified atom stereocenters. The molecule has 0 amide bonds. The zero-order chi connectivity index (χ0) is 40.5. The molecule has 2 saturated carbocycles. The zero-order valence-corrected chi connectivity index (χ0v) is 34.8. The maximum Gasteiger partial charge on any atom is 0.322 e. The van der Waals surface area contributed by atoms with Gasteiger partial charge in [-0.25, -0.2) is 6.57 Å². The van der Waals surface area contributed by atoms with Gasteiger partial charge in [0.2, 0.25) is 5.54 Å². The molecule has 2 fully saturated rings. The Hall–Kier alpha value is -3.36. The fourth-order valence-corrected chi connectivity index (χ4v) is 10.3. The van der Waals surface area contributed by atoms with Gasteiger partial charge in [0.25, 0.3) is 0 Å². The molecule has 2 aliphatic carbocycles. The molecule has 2 aromatic carbocycles. The number of carbonyl (C=O) groups excluding carboxylic acids is 3. The van der Waals surface area contributed by atoms with Crippen LogP contribution < -0.4 is 0 Å². The van der Waals surface area contributed by atoms with Gasteiger partial charge in [0.15, 0.2) is 6.61 Å². The number of nitrogens with zero attached hydrogens (tertiary/aromatic N) is 1. The van der Waals surface area contributed by atoms with E-state index in [2.05, 4.69) is 18.7 Å². The molecule has 11 heteroatoms. The first kappa shape index (κ1) is 44.4. The number of benzene rings is 2. The van der Waals surface area contributed by atoms with E-state index in [1.54, 1.807) is 26.8 Å². The van der Waals surface area contributed by atoms with Crippen LogP contribution in [0.1, 0.15) is 123 Å². The van der Waals surface area contributed by atoms with E-state index in [0.717, 1.165) is 37.4 Å². The van der Waals surface area contributed by atoms with Crippen molar-refractivity contribution < 1.29 is 37.4 Å². The molecule has 0 saturated heterocycles. The molecule has 2 aromatic rings. The van der Waals surface area contributed by atoms with Crippen LogP contribution in [0.25, 0.3) is 4.85 Å². The first-order chi connectivity index (χ1) is 25.9. The van der Waals surface area contributed by atoms with Gasteiger partial charge in [-0.15, -0.1) is 0 Å². The molecule has 6 atom stereocenters. The van der Waals surface area contributed by atoms with Crippen molar-refractivity contribution >= 4 is 46.1 Å². The van der Waals surface area contributed by atoms with E-state index < -0.39 is 51.7 Å². The maximum atomic E-state index is 15.4. The molecule has 0 spiro atoms. The van der Waals surface area contributed by atoms with Gasteiger partial charge in [-0.2, -0.15) is 8.78 Å². The van der Waals surface area contributed by atoms with Crippen molar-refractivity contribution in [2.24, 2.45) is 23.2 Å². The third-order valence-corrected chi connectivity index (χ3v) is 13.3. The quantitative estimate of drug-likeness (QED) is 0.0638. The lowest BCUT2D eigenvalue weighted by Crippen LogP contribution is -2.48. The van der Waals surface area contributed by atoms with Crippen LogP contribution in [0.4, 0.5) is 8.78 Å². The highest BCUT2D eigenvalue weighted by Crippen LogP contribution is 2.48. The topological polar surface area (TPSA) is 83.3 Å². The normalized spacial score (nSPS) is 22.6. The highest BCUT2D eigenvalue weighted by molar-refractivity contribution is 8.25. The summed E-state index contributed by atoms with van der Waals surface area (Å²) < 4.78 is 47.2. The van der Waals surface area contributed by atoms with Crippen LogP contribution in [0.15, 0.2) is 60.7 Å². The van der Waals surface area contributed by atoms with Crippen LogP contribution in [0.2, 0.25) is 0 Å². The van der Waals surface area contributed by atoms with Crippen LogP contribution in [0, 0.1) is 29.7 Å². The molecule has 4 rings (SSSR count). The highest BCUT2D eigenvalue weighted by atomic mass is 32.2. The molecule has 0 N–H and O–H groups in total.